The summed E-state index contributed by atoms with van der Waals surface area (Å²) < 4.78 is 0. The first-order valence-electron chi connectivity index (χ1n) is 8.68. The van der Waals surface area contributed by atoms with Gasteiger partial charge in [0.2, 0.25) is 5.91 Å². The summed E-state index contributed by atoms with van der Waals surface area (Å²) in [5.74, 6) is 1.08. The van der Waals surface area contributed by atoms with Gasteiger partial charge in [-0.3, -0.25) is 9.69 Å². The van der Waals surface area contributed by atoms with Crippen LogP contribution in [-0.4, -0.2) is 60.5 Å². The van der Waals surface area contributed by atoms with Crippen LogP contribution in [0.15, 0.2) is 0 Å². The van der Waals surface area contributed by atoms with E-state index in [0.29, 0.717) is 6.54 Å². The van der Waals surface area contributed by atoms with Crippen molar-refractivity contribution in [2.75, 3.05) is 39.3 Å². The second kappa shape index (κ2) is 7.59. The predicted molar refractivity (Wildman–Crippen MR) is 87.4 cm³/mol. The number of nitrogens with one attached hydrogen (secondary N) is 1. The highest BCUT2D eigenvalue weighted by atomic mass is 16.2. The lowest BCUT2D eigenvalue weighted by Crippen LogP contribution is -2.52. The first-order valence-corrected chi connectivity index (χ1v) is 8.68. The van der Waals surface area contributed by atoms with E-state index in [1.165, 1.54) is 38.6 Å². The van der Waals surface area contributed by atoms with E-state index >= 15 is 0 Å². The molecule has 2 fully saturated rings. The number of hydrogen-bond donors (Lipinski definition) is 1. The van der Waals surface area contributed by atoms with E-state index in [0.717, 1.165) is 32.1 Å². The van der Waals surface area contributed by atoms with Gasteiger partial charge >= 0.3 is 0 Å². The van der Waals surface area contributed by atoms with E-state index in [9.17, 15) is 4.79 Å². The second-order valence-electron chi connectivity index (χ2n) is 7.88. The molecule has 1 saturated heterocycles. The molecule has 0 radical (unpaired) electrons. The average molecular weight is 295 g/mol. The summed E-state index contributed by atoms with van der Waals surface area (Å²) in [6, 6.07) is 0. The molecule has 1 amide bonds. The fourth-order valence-corrected chi connectivity index (χ4v) is 3.53. The van der Waals surface area contributed by atoms with Crippen molar-refractivity contribution in [1.82, 2.24) is 15.1 Å². The fourth-order valence-electron chi connectivity index (χ4n) is 3.53. The van der Waals surface area contributed by atoms with Gasteiger partial charge in [-0.05, 0) is 39.5 Å². The zero-order chi connectivity index (χ0) is 15.3. The normalized spacial score (nSPS) is 23.2. The molecule has 2 rings (SSSR count). The lowest BCUT2D eigenvalue weighted by Gasteiger charge is -2.37. The number of piperazine rings is 1. The van der Waals surface area contributed by atoms with Gasteiger partial charge in [0.05, 0.1) is 6.54 Å². The third kappa shape index (κ3) is 6.35. The van der Waals surface area contributed by atoms with Crippen LogP contribution in [0.4, 0.5) is 0 Å². The molecule has 1 aliphatic carbocycles. The van der Waals surface area contributed by atoms with Crippen LogP contribution in [0, 0.1) is 5.92 Å². The number of hydrogen-bond acceptors (Lipinski definition) is 3. The van der Waals surface area contributed by atoms with Crippen molar-refractivity contribution in [2.24, 2.45) is 5.92 Å². The van der Waals surface area contributed by atoms with E-state index in [4.69, 9.17) is 0 Å². The Bertz CT molecular complexity index is 323. The van der Waals surface area contributed by atoms with Crippen molar-refractivity contribution in [1.29, 1.82) is 0 Å². The number of carbonyl (C=O) groups is 1. The van der Waals surface area contributed by atoms with Crippen LogP contribution in [0.25, 0.3) is 0 Å². The van der Waals surface area contributed by atoms with Crippen LogP contribution in [0.2, 0.25) is 0 Å². The Kier molecular flexibility index (Phi) is 6.06. The minimum atomic E-state index is -0.125. The Morgan fingerprint density at radius 1 is 1.00 bits per heavy atom. The van der Waals surface area contributed by atoms with Crippen molar-refractivity contribution >= 4 is 5.91 Å². The molecular weight excluding hydrogens is 262 g/mol. The van der Waals surface area contributed by atoms with Gasteiger partial charge < -0.3 is 10.2 Å². The lowest BCUT2D eigenvalue weighted by molar-refractivity contribution is -0.124. The minimum Gasteiger partial charge on any atom is -0.350 e. The largest absolute Gasteiger partial charge is 0.350 e. The van der Waals surface area contributed by atoms with Gasteiger partial charge in [-0.25, -0.2) is 0 Å². The standard InChI is InChI=1S/C17H33N3O/c1-17(2,3)18-16(21)14-20-11-9-19(10-12-20)13-15-7-5-4-6-8-15/h15H,4-14H2,1-3H3,(H,18,21). The molecule has 0 spiro atoms. The number of nitrogens with zero attached hydrogens (tertiary/aromatic N) is 2. The van der Waals surface area contributed by atoms with E-state index in [1.807, 2.05) is 20.8 Å². The monoisotopic (exact) mass is 295 g/mol. The van der Waals surface area contributed by atoms with Crippen LogP contribution in [-0.2, 0) is 4.79 Å². The maximum Gasteiger partial charge on any atom is 0.234 e. The van der Waals surface area contributed by atoms with E-state index in [1.54, 1.807) is 0 Å². The SMILES string of the molecule is CC(C)(C)NC(=O)CN1CCN(CC2CCCCC2)CC1. The molecular formula is C17H33N3O. The first kappa shape index (κ1) is 16.8. The summed E-state index contributed by atoms with van der Waals surface area (Å²) in [7, 11) is 0. The average Bonchev–Trinajstić information content (AvgIpc) is 2.40. The van der Waals surface area contributed by atoms with Crippen LogP contribution in [0.5, 0.6) is 0 Å². The molecule has 4 heteroatoms. The van der Waals surface area contributed by atoms with Gasteiger partial charge in [0.1, 0.15) is 0 Å². The molecule has 21 heavy (non-hydrogen) atoms. The zero-order valence-corrected chi connectivity index (χ0v) is 14.2. The topological polar surface area (TPSA) is 35.6 Å². The molecule has 0 unspecified atom stereocenters. The van der Waals surface area contributed by atoms with Gasteiger partial charge in [0.15, 0.2) is 0 Å². The highest BCUT2D eigenvalue weighted by molar-refractivity contribution is 5.78. The third-order valence-corrected chi connectivity index (χ3v) is 4.59. The van der Waals surface area contributed by atoms with Crippen molar-refractivity contribution in [3.63, 3.8) is 0 Å². The van der Waals surface area contributed by atoms with Crippen LogP contribution >= 0.6 is 0 Å². The maximum absolute atomic E-state index is 12.0. The van der Waals surface area contributed by atoms with Crippen LogP contribution in [0.1, 0.15) is 52.9 Å². The van der Waals surface area contributed by atoms with Crippen LogP contribution in [0.3, 0.4) is 0 Å². The molecule has 2 aliphatic rings. The van der Waals surface area contributed by atoms with Gasteiger partial charge in [-0.15, -0.1) is 0 Å². The second-order valence-corrected chi connectivity index (χ2v) is 7.88. The van der Waals surface area contributed by atoms with E-state index < -0.39 is 0 Å². The quantitative estimate of drug-likeness (QED) is 0.863. The Balaban J connectivity index is 1.64. The maximum atomic E-state index is 12.0. The molecule has 1 N–H and O–H groups in total. The molecule has 1 aliphatic heterocycles. The summed E-state index contributed by atoms with van der Waals surface area (Å²) in [6.07, 6.45) is 7.14. The zero-order valence-electron chi connectivity index (χ0n) is 14.2. The number of amides is 1. The molecule has 0 aromatic rings. The third-order valence-electron chi connectivity index (χ3n) is 4.59. The van der Waals surface area contributed by atoms with Gasteiger partial charge in [0, 0.05) is 38.3 Å². The summed E-state index contributed by atoms with van der Waals surface area (Å²) in [4.78, 5) is 16.9. The summed E-state index contributed by atoms with van der Waals surface area (Å²) in [5.41, 5.74) is -0.125. The molecule has 4 nitrogen and oxygen atoms in total. The highest BCUT2D eigenvalue weighted by Gasteiger charge is 2.23. The molecule has 1 heterocycles. The van der Waals surface area contributed by atoms with Crippen molar-refractivity contribution in [3.8, 4) is 0 Å². The smallest absolute Gasteiger partial charge is 0.234 e. The Hall–Kier alpha value is -0.610. The molecule has 122 valence electrons. The predicted octanol–water partition coefficient (Wildman–Crippen LogP) is 2.10. The summed E-state index contributed by atoms with van der Waals surface area (Å²) in [6.45, 7) is 12.2. The number of carbonyl (C=O) groups excluding carboxylic acids is 1. The molecule has 0 aromatic heterocycles. The Morgan fingerprint density at radius 3 is 2.14 bits per heavy atom. The summed E-state index contributed by atoms with van der Waals surface area (Å²) in [5, 5.41) is 3.05. The van der Waals surface area contributed by atoms with E-state index in [-0.39, 0.29) is 11.4 Å². The molecule has 0 aromatic carbocycles. The number of rotatable bonds is 4. The summed E-state index contributed by atoms with van der Waals surface area (Å²) >= 11 is 0. The lowest BCUT2D eigenvalue weighted by atomic mass is 9.89. The highest BCUT2D eigenvalue weighted by Crippen LogP contribution is 2.24. The minimum absolute atomic E-state index is 0.125. The molecule has 1 saturated carbocycles. The van der Waals surface area contributed by atoms with Crippen molar-refractivity contribution < 1.29 is 4.79 Å². The van der Waals surface area contributed by atoms with E-state index in [2.05, 4.69) is 15.1 Å². The van der Waals surface area contributed by atoms with Gasteiger partial charge in [0.25, 0.3) is 0 Å². The Morgan fingerprint density at radius 2 is 1.57 bits per heavy atom. The van der Waals surface area contributed by atoms with Crippen molar-refractivity contribution in [2.45, 2.75) is 58.4 Å². The van der Waals surface area contributed by atoms with Crippen molar-refractivity contribution in [3.05, 3.63) is 0 Å². The van der Waals surface area contributed by atoms with Gasteiger partial charge in [-0.1, -0.05) is 19.3 Å². The first-order chi connectivity index (χ1) is 9.92. The fraction of sp³-hybridized carbons (Fsp3) is 0.941. The molecule has 0 bridgehead atoms. The van der Waals surface area contributed by atoms with Gasteiger partial charge in [-0.2, -0.15) is 0 Å². The van der Waals surface area contributed by atoms with Crippen LogP contribution < -0.4 is 5.32 Å². The Labute approximate surface area is 130 Å². The molecule has 0 atom stereocenters.